The van der Waals surface area contributed by atoms with E-state index >= 15 is 0 Å². The lowest BCUT2D eigenvalue weighted by molar-refractivity contribution is -0.128. The van der Waals surface area contributed by atoms with Crippen LogP contribution in [0.25, 0.3) is 0 Å². The number of nitrogens with two attached hydrogens (primary N) is 1. The van der Waals surface area contributed by atoms with Gasteiger partial charge in [0, 0.05) is 6.04 Å². The number of fused-ring (bicyclic) bond motifs is 2. The molecular weight excluding hydrogens is 247 g/mol. The first-order valence-electron chi connectivity index (χ1n) is 6.09. The van der Waals surface area contributed by atoms with Crippen LogP contribution in [-0.2, 0) is 6.42 Å². The number of alkyl halides is 3. The van der Waals surface area contributed by atoms with Crippen LogP contribution in [0, 0.1) is 11.8 Å². The summed E-state index contributed by atoms with van der Waals surface area (Å²) in [5.74, 6) is 0.779. The van der Waals surface area contributed by atoms with Crippen molar-refractivity contribution in [3.8, 4) is 0 Å². The highest BCUT2D eigenvalue weighted by Gasteiger charge is 2.49. The highest BCUT2D eigenvalue weighted by atomic mass is 19.4. The third-order valence-corrected chi connectivity index (χ3v) is 4.11. The smallest absolute Gasteiger partial charge is 0.339 e. The van der Waals surface area contributed by atoms with E-state index in [1.54, 1.807) is 0 Å². The van der Waals surface area contributed by atoms with E-state index < -0.39 is 12.6 Å². The average molecular weight is 261 g/mol. The van der Waals surface area contributed by atoms with E-state index in [1.807, 2.05) is 0 Å². The number of aromatic nitrogens is 2. The average Bonchev–Trinajstić information content (AvgIpc) is 2.90. The molecule has 4 nitrogen and oxygen atoms in total. The Hall–Kier alpha value is -1.11. The predicted octanol–water partition coefficient (Wildman–Crippen LogP) is 2.02. The number of hydrogen-bond donors (Lipinski definition) is 1. The van der Waals surface area contributed by atoms with Crippen LogP contribution in [0.5, 0.6) is 0 Å². The zero-order valence-corrected chi connectivity index (χ0v) is 9.65. The van der Waals surface area contributed by atoms with Gasteiger partial charge in [-0.2, -0.15) is 18.2 Å². The number of rotatable bonds is 2. The lowest BCUT2D eigenvalue weighted by Crippen LogP contribution is -2.34. The maximum Gasteiger partial charge on any atom is 0.396 e. The van der Waals surface area contributed by atoms with Crippen molar-refractivity contribution in [2.24, 2.45) is 17.6 Å². The van der Waals surface area contributed by atoms with E-state index in [-0.39, 0.29) is 23.7 Å². The van der Waals surface area contributed by atoms with Gasteiger partial charge >= 0.3 is 6.18 Å². The van der Waals surface area contributed by atoms with Gasteiger partial charge in [0.05, 0.1) is 5.92 Å². The van der Waals surface area contributed by atoms with Gasteiger partial charge in [-0.05, 0) is 31.1 Å². The van der Waals surface area contributed by atoms with Crippen molar-refractivity contribution in [1.82, 2.24) is 10.1 Å². The summed E-state index contributed by atoms with van der Waals surface area (Å²) in [7, 11) is 0. The van der Waals surface area contributed by atoms with E-state index in [0.29, 0.717) is 11.8 Å². The third kappa shape index (κ3) is 2.00. The van der Waals surface area contributed by atoms with E-state index in [0.717, 1.165) is 19.3 Å². The molecule has 0 aromatic carbocycles. The van der Waals surface area contributed by atoms with Gasteiger partial charge < -0.3 is 10.3 Å². The second-order valence-corrected chi connectivity index (χ2v) is 5.28. The standard InChI is InChI=1S/C11H14F3N3O/c12-11(13,14)4-7-16-10(18-17-7)8-5-1-2-6(3-5)9(8)15/h5-6,8-9H,1-4,15H2. The molecule has 0 amide bonds. The monoisotopic (exact) mass is 261 g/mol. The zero-order valence-electron chi connectivity index (χ0n) is 9.65. The van der Waals surface area contributed by atoms with Crippen molar-refractivity contribution < 1.29 is 17.7 Å². The minimum atomic E-state index is -4.31. The van der Waals surface area contributed by atoms with Crippen molar-refractivity contribution in [2.45, 2.75) is 43.8 Å². The summed E-state index contributed by atoms with van der Waals surface area (Å²) < 4.78 is 41.6. The van der Waals surface area contributed by atoms with Crippen LogP contribution in [0.15, 0.2) is 4.52 Å². The fourth-order valence-electron chi connectivity index (χ4n) is 3.36. The molecule has 2 saturated carbocycles. The lowest BCUT2D eigenvalue weighted by atomic mass is 9.85. The van der Waals surface area contributed by atoms with Crippen LogP contribution >= 0.6 is 0 Å². The van der Waals surface area contributed by atoms with Crippen LogP contribution in [0.3, 0.4) is 0 Å². The van der Waals surface area contributed by atoms with Crippen molar-refractivity contribution in [1.29, 1.82) is 0 Å². The number of nitrogens with zero attached hydrogens (tertiary/aromatic N) is 2. The molecular formula is C11H14F3N3O. The fraction of sp³-hybridized carbons (Fsp3) is 0.818. The van der Waals surface area contributed by atoms with Gasteiger partial charge in [0.15, 0.2) is 5.82 Å². The molecule has 0 spiro atoms. The molecule has 2 aliphatic carbocycles. The first-order chi connectivity index (χ1) is 8.44. The highest BCUT2D eigenvalue weighted by molar-refractivity contribution is 5.11. The molecule has 1 aromatic heterocycles. The molecule has 4 unspecified atom stereocenters. The van der Waals surface area contributed by atoms with Gasteiger partial charge in [-0.3, -0.25) is 0 Å². The third-order valence-electron chi connectivity index (χ3n) is 4.11. The zero-order chi connectivity index (χ0) is 12.9. The number of hydrogen-bond acceptors (Lipinski definition) is 4. The quantitative estimate of drug-likeness (QED) is 0.884. The first-order valence-corrected chi connectivity index (χ1v) is 6.09. The van der Waals surface area contributed by atoms with Crippen LogP contribution < -0.4 is 5.73 Å². The molecule has 0 radical (unpaired) electrons. The molecule has 3 rings (SSSR count). The summed E-state index contributed by atoms with van der Waals surface area (Å²) in [5.41, 5.74) is 6.08. The van der Waals surface area contributed by atoms with Crippen molar-refractivity contribution in [3.05, 3.63) is 11.7 Å². The Bertz CT molecular complexity index is 443. The Morgan fingerprint density at radius 2 is 2.00 bits per heavy atom. The molecule has 0 saturated heterocycles. The predicted molar refractivity (Wildman–Crippen MR) is 55.6 cm³/mol. The van der Waals surface area contributed by atoms with Crippen molar-refractivity contribution >= 4 is 0 Å². The second kappa shape index (κ2) is 3.94. The van der Waals surface area contributed by atoms with Crippen LogP contribution in [0.2, 0.25) is 0 Å². The molecule has 1 heterocycles. The molecule has 2 N–H and O–H groups in total. The second-order valence-electron chi connectivity index (χ2n) is 5.28. The summed E-state index contributed by atoms with van der Waals surface area (Å²) in [6, 6.07) is -0.0528. The Labute approximate surface area is 102 Å². The summed E-state index contributed by atoms with van der Waals surface area (Å²) >= 11 is 0. The Kier molecular flexibility index (Phi) is 2.62. The van der Waals surface area contributed by atoms with Gasteiger partial charge in [-0.1, -0.05) is 5.16 Å². The molecule has 0 aliphatic heterocycles. The van der Waals surface area contributed by atoms with Gasteiger partial charge in [0.25, 0.3) is 0 Å². The molecule has 2 fully saturated rings. The van der Waals surface area contributed by atoms with Gasteiger partial charge in [0.2, 0.25) is 5.89 Å². The van der Waals surface area contributed by atoms with Crippen LogP contribution in [0.4, 0.5) is 13.2 Å². The van der Waals surface area contributed by atoms with E-state index in [4.69, 9.17) is 10.3 Å². The summed E-state index contributed by atoms with van der Waals surface area (Å²) in [6.07, 6.45) is -2.26. The van der Waals surface area contributed by atoms with Gasteiger partial charge in [-0.25, -0.2) is 0 Å². The minimum Gasteiger partial charge on any atom is -0.339 e. The summed E-state index contributed by atoms with van der Waals surface area (Å²) in [6.45, 7) is 0. The Morgan fingerprint density at radius 3 is 2.61 bits per heavy atom. The maximum atomic E-state index is 12.2. The van der Waals surface area contributed by atoms with Crippen LogP contribution in [-0.4, -0.2) is 22.4 Å². The van der Waals surface area contributed by atoms with E-state index in [1.165, 1.54) is 0 Å². The van der Waals surface area contributed by atoms with Crippen molar-refractivity contribution in [3.63, 3.8) is 0 Å². The van der Waals surface area contributed by atoms with Crippen LogP contribution in [0.1, 0.15) is 36.9 Å². The minimum absolute atomic E-state index is 0.0528. The van der Waals surface area contributed by atoms with Gasteiger partial charge in [-0.15, -0.1) is 0 Å². The normalized spacial score (nSPS) is 35.3. The highest BCUT2D eigenvalue weighted by Crippen LogP contribution is 2.51. The molecule has 7 heteroatoms. The van der Waals surface area contributed by atoms with E-state index in [9.17, 15) is 13.2 Å². The maximum absolute atomic E-state index is 12.2. The summed E-state index contributed by atoms with van der Waals surface area (Å²) in [5, 5.41) is 3.40. The summed E-state index contributed by atoms with van der Waals surface area (Å²) in [4.78, 5) is 3.87. The first kappa shape index (κ1) is 12.0. The lowest BCUT2D eigenvalue weighted by Gasteiger charge is -2.24. The SMILES string of the molecule is NC1C2CCC(C2)C1c1nc(CC(F)(F)F)no1. The molecule has 2 bridgehead atoms. The molecule has 18 heavy (non-hydrogen) atoms. The largest absolute Gasteiger partial charge is 0.396 e. The number of halogens is 3. The van der Waals surface area contributed by atoms with Gasteiger partial charge in [0.1, 0.15) is 6.42 Å². The Morgan fingerprint density at radius 1 is 1.28 bits per heavy atom. The molecule has 2 aliphatic rings. The molecule has 4 atom stereocenters. The van der Waals surface area contributed by atoms with E-state index in [2.05, 4.69) is 10.1 Å². The molecule has 1 aromatic rings. The Balaban J connectivity index is 1.77. The molecule has 100 valence electrons. The fourth-order valence-corrected chi connectivity index (χ4v) is 3.36. The topological polar surface area (TPSA) is 64.9 Å². The van der Waals surface area contributed by atoms with Crippen molar-refractivity contribution in [2.75, 3.05) is 0 Å².